The molecule has 1 amide bonds. The van der Waals surface area contributed by atoms with Crippen molar-refractivity contribution >= 4 is 16.9 Å². The number of nitrogens with one attached hydrogen (secondary N) is 1. The van der Waals surface area contributed by atoms with Gasteiger partial charge in [0, 0.05) is 31.7 Å². The number of fused-ring (bicyclic) bond motifs is 1. The lowest BCUT2D eigenvalue weighted by Crippen LogP contribution is -2.49. The van der Waals surface area contributed by atoms with E-state index in [0.717, 1.165) is 49.9 Å². The number of aromatic nitrogens is 3. The number of likely N-dealkylation sites (N-methyl/N-ethyl adjacent to an activating group) is 1. The Labute approximate surface area is 159 Å². The van der Waals surface area contributed by atoms with Gasteiger partial charge in [0.15, 0.2) is 0 Å². The lowest BCUT2D eigenvalue weighted by atomic mass is 10.0. The summed E-state index contributed by atoms with van der Waals surface area (Å²) in [5.41, 5.74) is 3.53. The molecule has 3 aromatic rings. The Morgan fingerprint density at radius 3 is 2.85 bits per heavy atom. The van der Waals surface area contributed by atoms with E-state index in [9.17, 15) is 4.79 Å². The fourth-order valence-electron chi connectivity index (χ4n) is 3.82. The van der Waals surface area contributed by atoms with Crippen molar-refractivity contribution in [2.45, 2.75) is 25.3 Å². The summed E-state index contributed by atoms with van der Waals surface area (Å²) in [6.07, 6.45) is 3.23. The summed E-state index contributed by atoms with van der Waals surface area (Å²) >= 11 is 0. The van der Waals surface area contributed by atoms with Crippen molar-refractivity contribution in [2.24, 2.45) is 0 Å². The number of hydrogen-bond acceptors (Lipinski definition) is 4. The molecule has 0 spiro atoms. The van der Waals surface area contributed by atoms with E-state index in [-0.39, 0.29) is 11.9 Å². The first-order valence-corrected chi connectivity index (χ1v) is 9.55. The first-order valence-electron chi connectivity index (χ1n) is 9.55. The van der Waals surface area contributed by atoms with Gasteiger partial charge in [-0.15, -0.1) is 0 Å². The standard InChI is InChI=1S/C21H25N5O/c1-25(21(27)17-9-10-19-20(14-17)23-24-22-19)18-8-5-12-26(15-18)13-11-16-6-3-2-4-7-16/h2-4,6-7,9-10,14,18H,5,8,11-13,15H2,1H3,(H,22,23,24)/t18-/m0/s1. The van der Waals surface area contributed by atoms with E-state index in [2.05, 4.69) is 50.6 Å². The third-order valence-corrected chi connectivity index (χ3v) is 5.47. The van der Waals surface area contributed by atoms with Crippen LogP contribution in [0.3, 0.4) is 0 Å². The van der Waals surface area contributed by atoms with Gasteiger partial charge in [-0.3, -0.25) is 4.79 Å². The molecule has 0 bridgehead atoms. The Hall–Kier alpha value is -2.73. The number of carbonyl (C=O) groups excluding carboxylic acids is 1. The third kappa shape index (κ3) is 4.01. The van der Waals surface area contributed by atoms with E-state index in [0.29, 0.717) is 5.56 Å². The Balaban J connectivity index is 1.38. The molecule has 0 saturated carbocycles. The van der Waals surface area contributed by atoms with Crippen LogP contribution >= 0.6 is 0 Å². The Morgan fingerprint density at radius 2 is 2.00 bits per heavy atom. The summed E-state index contributed by atoms with van der Waals surface area (Å²) in [6, 6.07) is 16.3. The molecule has 1 N–H and O–H groups in total. The van der Waals surface area contributed by atoms with Gasteiger partial charge in [-0.05, 0) is 49.6 Å². The first kappa shape index (κ1) is 17.7. The summed E-state index contributed by atoms with van der Waals surface area (Å²) in [5, 5.41) is 10.7. The summed E-state index contributed by atoms with van der Waals surface area (Å²) in [6.45, 7) is 3.07. The highest BCUT2D eigenvalue weighted by molar-refractivity contribution is 5.97. The van der Waals surface area contributed by atoms with Crippen molar-refractivity contribution < 1.29 is 4.79 Å². The second-order valence-electron chi connectivity index (χ2n) is 7.28. The molecule has 1 saturated heterocycles. The van der Waals surface area contributed by atoms with Gasteiger partial charge in [-0.1, -0.05) is 30.3 Å². The molecule has 0 unspecified atom stereocenters. The number of piperidine rings is 1. The second-order valence-corrected chi connectivity index (χ2v) is 7.28. The number of H-pyrrole nitrogens is 1. The predicted molar refractivity (Wildman–Crippen MR) is 106 cm³/mol. The zero-order valence-electron chi connectivity index (χ0n) is 15.6. The monoisotopic (exact) mass is 363 g/mol. The number of amides is 1. The third-order valence-electron chi connectivity index (χ3n) is 5.47. The fourth-order valence-corrected chi connectivity index (χ4v) is 3.82. The molecule has 2 aromatic carbocycles. The van der Waals surface area contributed by atoms with Gasteiger partial charge < -0.3 is 9.80 Å². The topological polar surface area (TPSA) is 65.1 Å². The Bertz CT molecular complexity index is 907. The van der Waals surface area contributed by atoms with E-state index >= 15 is 0 Å². The van der Waals surface area contributed by atoms with Gasteiger partial charge in [0.2, 0.25) is 0 Å². The van der Waals surface area contributed by atoms with Crippen LogP contribution in [-0.2, 0) is 6.42 Å². The number of nitrogens with zero attached hydrogens (tertiary/aromatic N) is 4. The summed E-state index contributed by atoms with van der Waals surface area (Å²) < 4.78 is 0. The molecule has 1 aliphatic heterocycles. The van der Waals surface area contributed by atoms with Crippen LogP contribution in [0.1, 0.15) is 28.8 Å². The molecule has 1 atom stereocenters. The van der Waals surface area contributed by atoms with Crippen LogP contribution in [0.2, 0.25) is 0 Å². The zero-order valence-corrected chi connectivity index (χ0v) is 15.6. The second kappa shape index (κ2) is 7.88. The number of benzene rings is 2. The minimum Gasteiger partial charge on any atom is -0.337 e. The molecule has 0 radical (unpaired) electrons. The lowest BCUT2D eigenvalue weighted by Gasteiger charge is -2.37. The maximum atomic E-state index is 12.9. The van der Waals surface area contributed by atoms with Crippen LogP contribution in [0.25, 0.3) is 11.0 Å². The first-order chi connectivity index (χ1) is 13.2. The average molecular weight is 363 g/mol. The number of carbonyl (C=O) groups is 1. The van der Waals surface area contributed by atoms with E-state index in [4.69, 9.17) is 0 Å². The van der Waals surface area contributed by atoms with Crippen molar-refractivity contribution in [3.8, 4) is 0 Å². The quantitative estimate of drug-likeness (QED) is 0.757. The molecule has 1 fully saturated rings. The maximum absolute atomic E-state index is 12.9. The van der Waals surface area contributed by atoms with Crippen molar-refractivity contribution in [3.63, 3.8) is 0 Å². The molecule has 6 nitrogen and oxygen atoms in total. The van der Waals surface area contributed by atoms with Crippen molar-refractivity contribution in [1.29, 1.82) is 0 Å². The highest BCUT2D eigenvalue weighted by Crippen LogP contribution is 2.19. The van der Waals surface area contributed by atoms with Crippen LogP contribution in [0.5, 0.6) is 0 Å². The molecule has 0 aliphatic carbocycles. The predicted octanol–water partition coefficient (Wildman–Crippen LogP) is 2.74. The highest BCUT2D eigenvalue weighted by atomic mass is 16.2. The molecule has 4 rings (SSSR count). The van der Waals surface area contributed by atoms with E-state index in [1.165, 1.54) is 5.56 Å². The number of likely N-dealkylation sites (tertiary alicyclic amines) is 1. The SMILES string of the molecule is CN(C(=O)c1ccc2n[nH]nc2c1)[C@H]1CCCN(CCc2ccccc2)C1. The molecular formula is C21H25N5O. The smallest absolute Gasteiger partial charge is 0.253 e. The molecule has 1 aliphatic rings. The summed E-state index contributed by atoms with van der Waals surface area (Å²) in [5.74, 6) is 0.0507. The molecule has 27 heavy (non-hydrogen) atoms. The fraction of sp³-hybridized carbons (Fsp3) is 0.381. The summed E-state index contributed by atoms with van der Waals surface area (Å²) in [7, 11) is 1.92. The van der Waals surface area contributed by atoms with Crippen LogP contribution in [0.15, 0.2) is 48.5 Å². The van der Waals surface area contributed by atoms with Gasteiger partial charge in [0.25, 0.3) is 5.91 Å². The normalized spacial score (nSPS) is 17.9. The largest absolute Gasteiger partial charge is 0.337 e. The van der Waals surface area contributed by atoms with Crippen LogP contribution in [0.4, 0.5) is 0 Å². The molecule has 1 aromatic heterocycles. The number of aromatic amines is 1. The highest BCUT2D eigenvalue weighted by Gasteiger charge is 2.26. The van der Waals surface area contributed by atoms with Gasteiger partial charge in [-0.25, -0.2) is 0 Å². The molecule has 2 heterocycles. The zero-order chi connectivity index (χ0) is 18.6. The number of hydrogen-bond donors (Lipinski definition) is 1. The van der Waals surface area contributed by atoms with E-state index in [1.807, 2.05) is 30.1 Å². The minimum absolute atomic E-state index is 0.0507. The van der Waals surface area contributed by atoms with Gasteiger partial charge in [0.05, 0.1) is 0 Å². The number of rotatable bonds is 5. The van der Waals surface area contributed by atoms with Crippen LogP contribution in [0, 0.1) is 0 Å². The summed E-state index contributed by atoms with van der Waals surface area (Å²) in [4.78, 5) is 17.3. The van der Waals surface area contributed by atoms with E-state index < -0.39 is 0 Å². The van der Waals surface area contributed by atoms with Crippen molar-refractivity contribution in [2.75, 3.05) is 26.7 Å². The lowest BCUT2D eigenvalue weighted by molar-refractivity contribution is 0.0619. The van der Waals surface area contributed by atoms with Gasteiger partial charge in [0.1, 0.15) is 11.0 Å². The average Bonchev–Trinajstić information content (AvgIpc) is 3.20. The molecular weight excluding hydrogens is 338 g/mol. The van der Waals surface area contributed by atoms with Gasteiger partial charge >= 0.3 is 0 Å². The minimum atomic E-state index is 0.0507. The van der Waals surface area contributed by atoms with Crippen molar-refractivity contribution in [3.05, 3.63) is 59.7 Å². The van der Waals surface area contributed by atoms with Crippen LogP contribution < -0.4 is 0 Å². The van der Waals surface area contributed by atoms with Crippen molar-refractivity contribution in [1.82, 2.24) is 25.2 Å². The van der Waals surface area contributed by atoms with E-state index in [1.54, 1.807) is 0 Å². The van der Waals surface area contributed by atoms with Gasteiger partial charge in [-0.2, -0.15) is 15.4 Å². The molecule has 6 heteroatoms. The molecule has 140 valence electrons. The van der Waals surface area contributed by atoms with Crippen LogP contribution in [-0.4, -0.2) is 63.8 Å². The Kier molecular flexibility index (Phi) is 5.16. The maximum Gasteiger partial charge on any atom is 0.253 e. The Morgan fingerprint density at radius 1 is 1.19 bits per heavy atom.